The normalized spacial score (nSPS) is 22.0. The van der Waals surface area contributed by atoms with Gasteiger partial charge in [0.15, 0.2) is 5.82 Å². The molecule has 1 aliphatic heterocycles. The first-order chi connectivity index (χ1) is 10.6. The van der Waals surface area contributed by atoms with Gasteiger partial charge in [0.05, 0.1) is 5.41 Å². The van der Waals surface area contributed by atoms with Crippen LogP contribution >= 0.6 is 0 Å². The van der Waals surface area contributed by atoms with Gasteiger partial charge >= 0.3 is 0 Å². The molecule has 1 atom stereocenters. The molecule has 0 spiro atoms. The summed E-state index contributed by atoms with van der Waals surface area (Å²) < 4.78 is 15.6. The van der Waals surface area contributed by atoms with Crippen molar-refractivity contribution in [1.82, 2.24) is 15.0 Å². The molecule has 1 saturated heterocycles. The summed E-state index contributed by atoms with van der Waals surface area (Å²) in [7, 11) is 1.68. The number of aromatic nitrogens is 2. The molecule has 0 radical (unpaired) electrons. The fourth-order valence-electron chi connectivity index (χ4n) is 2.94. The number of methoxy groups -OCH3 is 1. The van der Waals surface area contributed by atoms with Crippen molar-refractivity contribution < 1.29 is 18.8 Å². The molecule has 0 aromatic carbocycles. The van der Waals surface area contributed by atoms with Crippen molar-refractivity contribution in [2.24, 2.45) is 0 Å². The minimum atomic E-state index is -0.298. The van der Waals surface area contributed by atoms with Crippen LogP contribution in [-0.4, -0.2) is 61.0 Å². The Morgan fingerprint density at radius 1 is 1.50 bits per heavy atom. The monoisotopic (exact) mass is 311 g/mol. The maximum atomic E-state index is 12.3. The number of hydrogen-bond donors (Lipinski definition) is 0. The molecule has 2 rings (SSSR count). The second kappa shape index (κ2) is 7.69. The van der Waals surface area contributed by atoms with Gasteiger partial charge in [0.1, 0.15) is 6.61 Å². The van der Waals surface area contributed by atoms with Crippen molar-refractivity contribution in [3.05, 3.63) is 11.7 Å². The van der Waals surface area contributed by atoms with Crippen LogP contribution in [-0.2, 0) is 19.7 Å². The molecule has 1 unspecified atom stereocenters. The predicted molar refractivity (Wildman–Crippen MR) is 79.5 cm³/mol. The van der Waals surface area contributed by atoms with Crippen LogP contribution < -0.4 is 0 Å². The highest BCUT2D eigenvalue weighted by Crippen LogP contribution is 2.35. The Morgan fingerprint density at radius 2 is 2.32 bits per heavy atom. The van der Waals surface area contributed by atoms with Crippen molar-refractivity contribution >= 4 is 5.91 Å². The number of piperidine rings is 1. The van der Waals surface area contributed by atoms with E-state index in [-0.39, 0.29) is 17.9 Å². The van der Waals surface area contributed by atoms with Gasteiger partial charge in [-0.15, -0.1) is 0 Å². The molecule has 0 saturated carbocycles. The summed E-state index contributed by atoms with van der Waals surface area (Å²) in [6, 6.07) is 0. The molecule has 7 heteroatoms. The molecule has 1 aromatic heterocycles. The molecule has 0 bridgehead atoms. The SMILES string of the molecule is CCOCC(=O)N1CCCC(CCOC)(c2noc(C)n2)C1. The standard InChI is InChI=1S/C15H25N3O4/c1-4-21-10-13(19)18-8-5-6-15(11-18,7-9-20-3)14-16-12(2)22-17-14/h4-11H2,1-3H3. The molecule has 22 heavy (non-hydrogen) atoms. The highest BCUT2D eigenvalue weighted by molar-refractivity contribution is 5.77. The van der Waals surface area contributed by atoms with Gasteiger partial charge in [-0.05, 0) is 26.2 Å². The Labute approximate surface area is 131 Å². The highest BCUT2D eigenvalue weighted by atomic mass is 16.5. The van der Waals surface area contributed by atoms with Crippen LogP contribution in [0.15, 0.2) is 4.52 Å². The van der Waals surface area contributed by atoms with Gasteiger partial charge < -0.3 is 18.9 Å². The quantitative estimate of drug-likeness (QED) is 0.755. The maximum Gasteiger partial charge on any atom is 0.248 e. The van der Waals surface area contributed by atoms with E-state index in [1.54, 1.807) is 14.0 Å². The Bertz CT molecular complexity index is 491. The molecule has 0 N–H and O–H groups in total. The van der Waals surface area contributed by atoms with Crippen LogP contribution in [0, 0.1) is 6.92 Å². The molecule has 7 nitrogen and oxygen atoms in total. The van der Waals surface area contributed by atoms with E-state index in [0.29, 0.717) is 31.5 Å². The average Bonchev–Trinajstić information content (AvgIpc) is 2.98. The second-order valence-corrected chi connectivity index (χ2v) is 5.72. The summed E-state index contributed by atoms with van der Waals surface area (Å²) in [5.41, 5.74) is -0.298. The number of hydrogen-bond acceptors (Lipinski definition) is 6. The average molecular weight is 311 g/mol. The lowest BCUT2D eigenvalue weighted by atomic mass is 9.76. The van der Waals surface area contributed by atoms with E-state index < -0.39 is 0 Å². The zero-order valence-electron chi connectivity index (χ0n) is 13.6. The van der Waals surface area contributed by atoms with Crippen LogP contribution in [0.1, 0.15) is 37.9 Å². The molecular formula is C15H25N3O4. The molecule has 1 aliphatic rings. The largest absolute Gasteiger partial charge is 0.385 e. The lowest BCUT2D eigenvalue weighted by molar-refractivity contribution is -0.138. The summed E-state index contributed by atoms with van der Waals surface area (Å²) in [6.07, 6.45) is 2.60. The van der Waals surface area contributed by atoms with Crippen LogP contribution in [0.4, 0.5) is 0 Å². The lowest BCUT2D eigenvalue weighted by Crippen LogP contribution is -2.50. The Hall–Kier alpha value is -1.47. The lowest BCUT2D eigenvalue weighted by Gasteiger charge is -2.40. The van der Waals surface area contributed by atoms with E-state index in [9.17, 15) is 4.79 Å². The smallest absolute Gasteiger partial charge is 0.248 e. The van der Waals surface area contributed by atoms with Crippen molar-refractivity contribution in [1.29, 1.82) is 0 Å². The number of carbonyl (C=O) groups is 1. The molecule has 1 fully saturated rings. The highest BCUT2D eigenvalue weighted by Gasteiger charge is 2.42. The summed E-state index contributed by atoms with van der Waals surface area (Å²) >= 11 is 0. The number of rotatable bonds is 7. The van der Waals surface area contributed by atoms with Crippen molar-refractivity contribution in [3.63, 3.8) is 0 Å². The zero-order valence-corrected chi connectivity index (χ0v) is 13.6. The molecule has 124 valence electrons. The van der Waals surface area contributed by atoms with Gasteiger partial charge in [0.2, 0.25) is 11.8 Å². The zero-order chi connectivity index (χ0) is 16.0. The molecular weight excluding hydrogens is 286 g/mol. The third-order valence-electron chi connectivity index (χ3n) is 4.15. The fourth-order valence-corrected chi connectivity index (χ4v) is 2.94. The Morgan fingerprint density at radius 3 is 2.95 bits per heavy atom. The van der Waals surface area contributed by atoms with E-state index >= 15 is 0 Å². The number of ether oxygens (including phenoxy) is 2. The van der Waals surface area contributed by atoms with E-state index in [0.717, 1.165) is 25.8 Å². The minimum Gasteiger partial charge on any atom is -0.385 e. The number of carbonyl (C=O) groups excluding carboxylic acids is 1. The van der Waals surface area contributed by atoms with Crippen LogP contribution in [0.3, 0.4) is 0 Å². The maximum absolute atomic E-state index is 12.3. The fraction of sp³-hybridized carbons (Fsp3) is 0.800. The van der Waals surface area contributed by atoms with E-state index in [1.807, 2.05) is 11.8 Å². The van der Waals surface area contributed by atoms with E-state index in [1.165, 1.54) is 0 Å². The third-order valence-corrected chi connectivity index (χ3v) is 4.15. The molecule has 1 aromatic rings. The first kappa shape index (κ1) is 16.9. The van der Waals surface area contributed by atoms with Gasteiger partial charge in [-0.3, -0.25) is 4.79 Å². The summed E-state index contributed by atoms with van der Waals surface area (Å²) in [5.74, 6) is 1.24. The van der Waals surface area contributed by atoms with Gasteiger partial charge in [-0.2, -0.15) is 4.98 Å². The first-order valence-electron chi connectivity index (χ1n) is 7.76. The molecule has 1 amide bonds. The Kier molecular flexibility index (Phi) is 5.90. The topological polar surface area (TPSA) is 77.7 Å². The molecule has 0 aliphatic carbocycles. The number of nitrogens with zero attached hydrogens (tertiary/aromatic N) is 3. The van der Waals surface area contributed by atoms with E-state index in [4.69, 9.17) is 14.0 Å². The van der Waals surface area contributed by atoms with Crippen LogP contribution in [0.25, 0.3) is 0 Å². The summed E-state index contributed by atoms with van der Waals surface area (Å²) in [4.78, 5) is 18.5. The first-order valence-corrected chi connectivity index (χ1v) is 7.76. The predicted octanol–water partition coefficient (Wildman–Crippen LogP) is 1.31. The summed E-state index contributed by atoms with van der Waals surface area (Å²) in [5, 5.41) is 4.11. The number of amides is 1. The Balaban J connectivity index is 2.16. The molecule has 2 heterocycles. The number of aryl methyl sites for hydroxylation is 1. The van der Waals surface area contributed by atoms with E-state index in [2.05, 4.69) is 10.1 Å². The van der Waals surface area contributed by atoms with Gasteiger partial charge in [-0.25, -0.2) is 0 Å². The van der Waals surface area contributed by atoms with Crippen molar-refractivity contribution in [3.8, 4) is 0 Å². The summed E-state index contributed by atoms with van der Waals surface area (Å²) in [6.45, 7) is 6.26. The number of likely N-dealkylation sites (tertiary alicyclic amines) is 1. The third kappa shape index (κ3) is 3.84. The van der Waals surface area contributed by atoms with Crippen molar-refractivity contribution in [2.45, 2.75) is 38.5 Å². The van der Waals surface area contributed by atoms with Crippen LogP contribution in [0.2, 0.25) is 0 Å². The van der Waals surface area contributed by atoms with Crippen LogP contribution in [0.5, 0.6) is 0 Å². The second-order valence-electron chi connectivity index (χ2n) is 5.72. The van der Waals surface area contributed by atoms with Gasteiger partial charge in [0.25, 0.3) is 0 Å². The van der Waals surface area contributed by atoms with Gasteiger partial charge in [0, 0.05) is 40.3 Å². The van der Waals surface area contributed by atoms with Gasteiger partial charge in [-0.1, -0.05) is 5.16 Å². The van der Waals surface area contributed by atoms with Crippen molar-refractivity contribution in [2.75, 3.05) is 40.0 Å². The minimum absolute atomic E-state index is 0.0172.